The van der Waals surface area contributed by atoms with E-state index in [0.29, 0.717) is 27.4 Å². The Morgan fingerprint density at radius 3 is 2.43 bits per heavy atom. The Hall–Kier alpha value is -2.28. The SMILES string of the molecule is COc1cc(Cl)c(-c2c(C)nn3c(NCCNC4CC=CC4)cc(C)nc23)c(Cl)c1. The predicted molar refractivity (Wildman–Crippen MR) is 123 cm³/mol. The van der Waals surface area contributed by atoms with Gasteiger partial charge in [0.15, 0.2) is 5.65 Å². The number of fused-ring (bicyclic) bond motifs is 1. The van der Waals surface area contributed by atoms with Crippen molar-refractivity contribution in [3.8, 4) is 16.9 Å². The number of anilines is 1. The molecule has 8 heteroatoms. The first-order valence-electron chi connectivity index (χ1n) is 10.0. The molecule has 0 unspecified atom stereocenters. The topological polar surface area (TPSA) is 63.5 Å². The molecule has 2 N–H and O–H groups in total. The van der Waals surface area contributed by atoms with Crippen molar-refractivity contribution in [3.63, 3.8) is 0 Å². The molecular weight excluding hydrogens is 421 g/mol. The lowest BCUT2D eigenvalue weighted by molar-refractivity contribution is 0.415. The van der Waals surface area contributed by atoms with Crippen LogP contribution in [0.2, 0.25) is 10.0 Å². The van der Waals surface area contributed by atoms with E-state index < -0.39 is 0 Å². The van der Waals surface area contributed by atoms with E-state index >= 15 is 0 Å². The first kappa shape index (κ1) is 21.0. The van der Waals surface area contributed by atoms with Gasteiger partial charge in [-0.3, -0.25) is 0 Å². The lowest BCUT2D eigenvalue weighted by atomic mass is 10.1. The summed E-state index contributed by atoms with van der Waals surface area (Å²) in [5, 5.41) is 12.8. The van der Waals surface area contributed by atoms with E-state index in [2.05, 4.69) is 22.8 Å². The molecule has 1 aromatic carbocycles. The Morgan fingerprint density at radius 2 is 1.77 bits per heavy atom. The maximum atomic E-state index is 6.56. The second kappa shape index (κ2) is 8.84. The summed E-state index contributed by atoms with van der Waals surface area (Å²) in [7, 11) is 1.59. The van der Waals surface area contributed by atoms with E-state index in [9.17, 15) is 0 Å². The molecule has 0 saturated carbocycles. The van der Waals surface area contributed by atoms with Gasteiger partial charge >= 0.3 is 0 Å². The number of halogens is 2. The van der Waals surface area contributed by atoms with Gasteiger partial charge in [-0.1, -0.05) is 35.4 Å². The third kappa shape index (κ3) is 4.13. The Labute approximate surface area is 186 Å². The average molecular weight is 446 g/mol. The van der Waals surface area contributed by atoms with Crippen LogP contribution in [0.1, 0.15) is 24.2 Å². The summed E-state index contributed by atoms with van der Waals surface area (Å²) in [5.74, 6) is 1.50. The second-order valence-corrected chi connectivity index (χ2v) is 8.28. The van der Waals surface area contributed by atoms with Gasteiger partial charge in [0.05, 0.1) is 28.4 Å². The van der Waals surface area contributed by atoms with Crippen LogP contribution >= 0.6 is 23.2 Å². The molecule has 1 aliphatic rings. The van der Waals surface area contributed by atoms with Crippen LogP contribution in [0, 0.1) is 13.8 Å². The van der Waals surface area contributed by atoms with Crippen molar-refractivity contribution < 1.29 is 4.74 Å². The van der Waals surface area contributed by atoms with Crippen LogP contribution in [-0.4, -0.2) is 40.8 Å². The van der Waals surface area contributed by atoms with Gasteiger partial charge in [0.1, 0.15) is 11.6 Å². The van der Waals surface area contributed by atoms with Gasteiger partial charge in [-0.15, -0.1) is 0 Å². The highest BCUT2D eigenvalue weighted by molar-refractivity contribution is 6.39. The quantitative estimate of drug-likeness (QED) is 0.393. The Kier molecular flexibility index (Phi) is 6.18. The molecule has 3 aromatic rings. The molecule has 0 atom stereocenters. The van der Waals surface area contributed by atoms with Gasteiger partial charge in [-0.2, -0.15) is 9.61 Å². The zero-order valence-corrected chi connectivity index (χ0v) is 18.8. The molecule has 0 bridgehead atoms. The third-order valence-corrected chi connectivity index (χ3v) is 5.86. The minimum atomic E-state index is 0.504. The molecule has 0 spiro atoms. The van der Waals surface area contributed by atoms with Crippen molar-refractivity contribution in [2.24, 2.45) is 0 Å². The molecule has 1 aliphatic carbocycles. The van der Waals surface area contributed by atoms with Crippen LogP contribution in [0.4, 0.5) is 5.82 Å². The molecule has 0 amide bonds. The Morgan fingerprint density at radius 1 is 1.07 bits per heavy atom. The number of hydrogen-bond acceptors (Lipinski definition) is 5. The lowest BCUT2D eigenvalue weighted by Gasteiger charge is -2.14. The molecule has 0 fully saturated rings. The number of hydrogen-bond donors (Lipinski definition) is 2. The maximum Gasteiger partial charge on any atom is 0.165 e. The van der Waals surface area contributed by atoms with E-state index in [-0.39, 0.29) is 0 Å². The number of aryl methyl sites for hydroxylation is 2. The Bertz CT molecular complexity index is 1080. The summed E-state index contributed by atoms with van der Waals surface area (Å²) < 4.78 is 7.10. The molecule has 6 nitrogen and oxygen atoms in total. The summed E-state index contributed by atoms with van der Waals surface area (Å²) in [4.78, 5) is 4.74. The van der Waals surface area contributed by atoms with Crippen molar-refractivity contribution in [3.05, 3.63) is 51.8 Å². The number of rotatable bonds is 7. The monoisotopic (exact) mass is 445 g/mol. The van der Waals surface area contributed by atoms with E-state index in [0.717, 1.165) is 54.3 Å². The number of methoxy groups -OCH3 is 1. The molecular formula is C22H25Cl2N5O. The summed E-state index contributed by atoms with van der Waals surface area (Å²) in [6, 6.07) is 6.05. The van der Waals surface area contributed by atoms with Crippen LogP contribution in [0.15, 0.2) is 30.4 Å². The third-order valence-electron chi connectivity index (χ3n) is 5.27. The highest BCUT2D eigenvalue weighted by Crippen LogP contribution is 2.41. The fraction of sp³-hybridized carbons (Fsp3) is 0.364. The van der Waals surface area contributed by atoms with E-state index in [1.807, 2.05) is 24.4 Å². The fourth-order valence-electron chi connectivity index (χ4n) is 3.82. The molecule has 2 heterocycles. The van der Waals surface area contributed by atoms with Gasteiger partial charge in [0.25, 0.3) is 0 Å². The van der Waals surface area contributed by atoms with E-state index in [4.69, 9.17) is 38.0 Å². The van der Waals surface area contributed by atoms with Crippen molar-refractivity contribution in [1.82, 2.24) is 19.9 Å². The van der Waals surface area contributed by atoms with Gasteiger partial charge in [-0.25, -0.2) is 4.98 Å². The highest BCUT2D eigenvalue weighted by atomic mass is 35.5. The van der Waals surface area contributed by atoms with Crippen LogP contribution in [0.3, 0.4) is 0 Å². The van der Waals surface area contributed by atoms with Crippen LogP contribution in [0.5, 0.6) is 5.75 Å². The summed E-state index contributed by atoms with van der Waals surface area (Å²) in [6.45, 7) is 5.57. The van der Waals surface area contributed by atoms with E-state index in [1.165, 1.54) is 0 Å². The first-order chi connectivity index (χ1) is 14.5. The average Bonchev–Trinajstić information content (AvgIpc) is 3.33. The zero-order chi connectivity index (χ0) is 21.3. The lowest BCUT2D eigenvalue weighted by Crippen LogP contribution is -2.31. The van der Waals surface area contributed by atoms with Crippen molar-refractivity contribution in [2.75, 3.05) is 25.5 Å². The van der Waals surface area contributed by atoms with Crippen LogP contribution in [0.25, 0.3) is 16.8 Å². The number of ether oxygens (including phenoxy) is 1. The van der Waals surface area contributed by atoms with Crippen molar-refractivity contribution in [2.45, 2.75) is 32.7 Å². The summed E-state index contributed by atoms with van der Waals surface area (Å²) >= 11 is 13.1. The Balaban J connectivity index is 1.65. The molecule has 4 rings (SSSR count). The van der Waals surface area contributed by atoms with E-state index in [1.54, 1.807) is 19.2 Å². The minimum Gasteiger partial charge on any atom is -0.497 e. The number of aromatic nitrogens is 3. The summed E-state index contributed by atoms with van der Waals surface area (Å²) in [6.07, 6.45) is 6.65. The minimum absolute atomic E-state index is 0.504. The largest absolute Gasteiger partial charge is 0.497 e. The van der Waals surface area contributed by atoms with Gasteiger partial charge in [0.2, 0.25) is 0 Å². The van der Waals surface area contributed by atoms with Crippen LogP contribution < -0.4 is 15.4 Å². The first-order valence-corrected chi connectivity index (χ1v) is 10.8. The highest BCUT2D eigenvalue weighted by Gasteiger charge is 2.21. The maximum absolute atomic E-state index is 6.56. The second-order valence-electron chi connectivity index (χ2n) is 7.47. The molecule has 158 valence electrons. The van der Waals surface area contributed by atoms with Gasteiger partial charge in [0, 0.05) is 36.5 Å². The van der Waals surface area contributed by atoms with Gasteiger partial charge in [-0.05, 0) is 38.8 Å². The predicted octanol–water partition coefficient (Wildman–Crippen LogP) is 5.05. The smallest absolute Gasteiger partial charge is 0.165 e. The fourth-order valence-corrected chi connectivity index (χ4v) is 4.48. The molecule has 0 radical (unpaired) electrons. The number of benzene rings is 1. The number of nitrogens with one attached hydrogen (secondary N) is 2. The molecule has 0 saturated heterocycles. The number of nitrogens with zero attached hydrogens (tertiary/aromatic N) is 3. The molecule has 0 aliphatic heterocycles. The standard InChI is InChI=1S/C22H25Cl2N5O/c1-13-10-19(26-9-8-25-15-6-4-5-7-15)29-22(27-13)20(14(2)28-29)21-17(23)11-16(30-3)12-18(21)24/h4-5,10-12,15,25-26H,6-9H2,1-3H3. The van der Waals surface area contributed by atoms with Crippen molar-refractivity contribution in [1.29, 1.82) is 0 Å². The summed E-state index contributed by atoms with van der Waals surface area (Å²) in [5.41, 5.74) is 3.96. The van der Waals surface area contributed by atoms with Crippen LogP contribution in [-0.2, 0) is 0 Å². The van der Waals surface area contributed by atoms with Crippen molar-refractivity contribution >= 4 is 34.7 Å². The normalized spacial score (nSPS) is 14.0. The van der Waals surface area contributed by atoms with Gasteiger partial charge < -0.3 is 15.4 Å². The molecule has 30 heavy (non-hydrogen) atoms. The zero-order valence-electron chi connectivity index (χ0n) is 17.3. The molecule has 2 aromatic heterocycles.